The van der Waals surface area contributed by atoms with E-state index < -0.39 is 0 Å². The summed E-state index contributed by atoms with van der Waals surface area (Å²) in [4.78, 5) is 5.41. The smallest absolute Gasteiger partial charge is 0.0499 e. The molecule has 0 amide bonds. The quantitative estimate of drug-likeness (QED) is 0.808. The van der Waals surface area contributed by atoms with Gasteiger partial charge >= 0.3 is 0 Å². The van der Waals surface area contributed by atoms with Gasteiger partial charge in [0.25, 0.3) is 0 Å². The Bertz CT molecular complexity index is 306. The van der Waals surface area contributed by atoms with Gasteiger partial charge in [0.2, 0.25) is 0 Å². The van der Waals surface area contributed by atoms with Crippen LogP contribution < -0.4 is 0 Å². The summed E-state index contributed by atoms with van der Waals surface area (Å²) < 4.78 is 0. The van der Waals surface area contributed by atoms with Crippen molar-refractivity contribution in [1.29, 1.82) is 0 Å². The van der Waals surface area contributed by atoms with Crippen LogP contribution >= 0.6 is 0 Å². The zero-order valence-electron chi connectivity index (χ0n) is 13.7. The van der Waals surface area contributed by atoms with Gasteiger partial charge in [0.1, 0.15) is 0 Å². The van der Waals surface area contributed by atoms with E-state index in [4.69, 9.17) is 0 Å². The average Bonchev–Trinajstić information content (AvgIpc) is 2.86. The molecule has 1 saturated carbocycles. The van der Waals surface area contributed by atoms with Gasteiger partial charge in [-0.15, -0.1) is 0 Å². The Labute approximate surface area is 130 Å². The molecule has 21 heavy (non-hydrogen) atoms. The van der Waals surface area contributed by atoms with Crippen LogP contribution in [0.15, 0.2) is 0 Å². The molecule has 0 aromatic rings. The van der Waals surface area contributed by atoms with Gasteiger partial charge in [-0.05, 0) is 51.7 Å². The first-order chi connectivity index (χ1) is 10.3. The number of rotatable bonds is 4. The minimum absolute atomic E-state index is 0.216. The van der Waals surface area contributed by atoms with Crippen LogP contribution in [0.25, 0.3) is 0 Å². The fourth-order valence-corrected chi connectivity index (χ4v) is 4.86. The predicted octanol–water partition coefficient (Wildman–Crippen LogP) is 2.88. The summed E-state index contributed by atoms with van der Waals surface area (Å²) >= 11 is 0. The van der Waals surface area contributed by atoms with Crippen molar-refractivity contribution in [2.24, 2.45) is 5.41 Å². The first-order valence-electron chi connectivity index (χ1n) is 9.39. The standard InChI is InChI=1S/C18H34N2O/c21-16-18(9-4-1-2-5-10-18)15-19-13-8-17(14-19)20-11-6-3-7-12-20/h17,21H,1-16H2. The van der Waals surface area contributed by atoms with Crippen LogP contribution in [0.1, 0.15) is 64.2 Å². The van der Waals surface area contributed by atoms with Gasteiger partial charge < -0.3 is 10.0 Å². The Kier molecular flexibility index (Phi) is 5.58. The third-order valence-electron chi connectivity index (χ3n) is 6.21. The van der Waals surface area contributed by atoms with Crippen molar-refractivity contribution < 1.29 is 5.11 Å². The molecule has 2 saturated heterocycles. The second-order valence-corrected chi connectivity index (χ2v) is 7.85. The van der Waals surface area contributed by atoms with E-state index in [1.807, 2.05) is 0 Å². The van der Waals surface area contributed by atoms with Crippen molar-refractivity contribution in [3.05, 3.63) is 0 Å². The van der Waals surface area contributed by atoms with Crippen molar-refractivity contribution in [3.63, 3.8) is 0 Å². The van der Waals surface area contributed by atoms with Crippen LogP contribution in [-0.4, -0.2) is 60.3 Å². The van der Waals surface area contributed by atoms with E-state index >= 15 is 0 Å². The highest BCUT2D eigenvalue weighted by Crippen LogP contribution is 2.36. The van der Waals surface area contributed by atoms with Crippen LogP contribution in [-0.2, 0) is 0 Å². The molecule has 1 N–H and O–H groups in total. The normalized spacial score (nSPS) is 32.1. The largest absolute Gasteiger partial charge is 0.396 e. The first kappa shape index (κ1) is 15.8. The summed E-state index contributed by atoms with van der Waals surface area (Å²) in [6, 6.07) is 0.798. The molecule has 1 atom stereocenters. The van der Waals surface area contributed by atoms with Gasteiger partial charge in [-0.1, -0.05) is 32.1 Å². The van der Waals surface area contributed by atoms with E-state index in [1.165, 1.54) is 90.4 Å². The third-order valence-corrected chi connectivity index (χ3v) is 6.21. The molecule has 1 aliphatic carbocycles. The topological polar surface area (TPSA) is 26.7 Å². The highest BCUT2D eigenvalue weighted by molar-refractivity contribution is 4.90. The van der Waals surface area contributed by atoms with Crippen molar-refractivity contribution in [2.75, 3.05) is 39.3 Å². The molecule has 2 aliphatic heterocycles. The number of aliphatic hydroxyl groups excluding tert-OH is 1. The maximum atomic E-state index is 10.0. The molecule has 0 aromatic heterocycles. The predicted molar refractivity (Wildman–Crippen MR) is 87.5 cm³/mol. The van der Waals surface area contributed by atoms with Crippen molar-refractivity contribution >= 4 is 0 Å². The number of hydrogen-bond acceptors (Lipinski definition) is 3. The zero-order chi connectivity index (χ0) is 14.5. The number of aliphatic hydroxyl groups is 1. The maximum absolute atomic E-state index is 10.0. The SMILES string of the molecule is OCC1(CN2CCC(N3CCCCC3)C2)CCCCCC1. The molecular weight excluding hydrogens is 260 g/mol. The monoisotopic (exact) mass is 294 g/mol. The molecule has 3 aliphatic rings. The molecule has 3 heteroatoms. The third kappa shape index (κ3) is 4.00. The Morgan fingerprint density at radius 3 is 2.19 bits per heavy atom. The molecular formula is C18H34N2O. The molecule has 3 rings (SSSR count). The number of nitrogens with zero attached hydrogens (tertiary/aromatic N) is 2. The fourth-order valence-electron chi connectivity index (χ4n) is 4.86. The van der Waals surface area contributed by atoms with Gasteiger partial charge in [0, 0.05) is 31.2 Å². The summed E-state index contributed by atoms with van der Waals surface area (Å²) in [7, 11) is 0. The minimum Gasteiger partial charge on any atom is -0.396 e. The lowest BCUT2D eigenvalue weighted by molar-refractivity contribution is 0.0636. The van der Waals surface area contributed by atoms with E-state index in [9.17, 15) is 5.11 Å². The summed E-state index contributed by atoms with van der Waals surface area (Å²) in [6.07, 6.45) is 13.5. The Hall–Kier alpha value is -0.120. The van der Waals surface area contributed by atoms with E-state index in [0.29, 0.717) is 6.61 Å². The molecule has 0 radical (unpaired) electrons. The molecule has 122 valence electrons. The average molecular weight is 294 g/mol. The van der Waals surface area contributed by atoms with Crippen molar-refractivity contribution in [1.82, 2.24) is 9.80 Å². The number of hydrogen-bond donors (Lipinski definition) is 1. The molecule has 0 spiro atoms. The maximum Gasteiger partial charge on any atom is 0.0499 e. The van der Waals surface area contributed by atoms with E-state index in [0.717, 1.165) is 12.6 Å². The van der Waals surface area contributed by atoms with Gasteiger partial charge in [-0.25, -0.2) is 0 Å². The fraction of sp³-hybridized carbons (Fsp3) is 1.00. The van der Waals surface area contributed by atoms with Crippen molar-refractivity contribution in [2.45, 2.75) is 70.3 Å². The van der Waals surface area contributed by atoms with Crippen LogP contribution in [0, 0.1) is 5.41 Å². The Balaban J connectivity index is 1.52. The van der Waals surface area contributed by atoms with E-state index in [-0.39, 0.29) is 5.41 Å². The Morgan fingerprint density at radius 2 is 1.52 bits per heavy atom. The molecule has 3 fully saturated rings. The lowest BCUT2D eigenvalue weighted by atomic mass is 9.80. The lowest BCUT2D eigenvalue weighted by Gasteiger charge is -2.36. The summed E-state index contributed by atoms with van der Waals surface area (Å²) in [5.41, 5.74) is 0.216. The van der Waals surface area contributed by atoms with Crippen LogP contribution in [0.4, 0.5) is 0 Å². The van der Waals surface area contributed by atoms with Gasteiger partial charge in [-0.2, -0.15) is 0 Å². The minimum atomic E-state index is 0.216. The molecule has 0 bridgehead atoms. The van der Waals surface area contributed by atoms with E-state index in [1.54, 1.807) is 0 Å². The summed E-state index contributed by atoms with van der Waals surface area (Å²) in [5, 5.41) is 10.0. The number of piperidine rings is 1. The van der Waals surface area contributed by atoms with Gasteiger partial charge in [0.05, 0.1) is 0 Å². The zero-order valence-corrected chi connectivity index (χ0v) is 13.7. The second-order valence-electron chi connectivity index (χ2n) is 7.85. The van der Waals surface area contributed by atoms with Gasteiger partial charge in [0.15, 0.2) is 0 Å². The van der Waals surface area contributed by atoms with Crippen molar-refractivity contribution in [3.8, 4) is 0 Å². The molecule has 1 unspecified atom stereocenters. The molecule has 0 aromatic carbocycles. The molecule has 2 heterocycles. The second kappa shape index (κ2) is 7.43. The highest BCUT2D eigenvalue weighted by atomic mass is 16.3. The van der Waals surface area contributed by atoms with Crippen LogP contribution in [0.2, 0.25) is 0 Å². The van der Waals surface area contributed by atoms with E-state index in [2.05, 4.69) is 9.80 Å². The van der Waals surface area contributed by atoms with Gasteiger partial charge in [-0.3, -0.25) is 4.90 Å². The lowest BCUT2D eigenvalue weighted by Crippen LogP contribution is -2.43. The van der Waals surface area contributed by atoms with Crippen LogP contribution in [0.5, 0.6) is 0 Å². The highest BCUT2D eigenvalue weighted by Gasteiger charge is 2.36. The first-order valence-corrected chi connectivity index (χ1v) is 9.39. The Morgan fingerprint density at radius 1 is 0.857 bits per heavy atom. The summed E-state index contributed by atoms with van der Waals surface area (Å²) in [5.74, 6) is 0. The van der Waals surface area contributed by atoms with Crippen LogP contribution in [0.3, 0.4) is 0 Å². The molecule has 3 nitrogen and oxygen atoms in total. The number of likely N-dealkylation sites (tertiary alicyclic amines) is 2. The summed E-state index contributed by atoms with van der Waals surface area (Å²) in [6.45, 7) is 6.70.